The summed E-state index contributed by atoms with van der Waals surface area (Å²) in [6.45, 7) is 14.3. The second kappa shape index (κ2) is 31.3. The molecular formula is C35H61BFN6NaO11. The first-order valence-electron chi connectivity index (χ1n) is 17.8. The molecule has 0 unspecified atom stereocenters. The fourth-order valence-electron chi connectivity index (χ4n) is 4.91. The van der Waals surface area contributed by atoms with Crippen LogP contribution < -0.4 is 40.6 Å². The molecule has 0 atom stereocenters. The van der Waals surface area contributed by atoms with Crippen LogP contribution in [-0.2, 0) is 68.5 Å². The Bertz CT molecular complexity index is 1440. The minimum absolute atomic E-state index is 0. The molecule has 2 aliphatic heterocycles. The molecule has 17 nitrogen and oxygen atoms in total. The van der Waals surface area contributed by atoms with E-state index in [4.69, 9.17) is 15.2 Å². The van der Waals surface area contributed by atoms with Gasteiger partial charge in [-0.2, -0.15) is 0 Å². The molecule has 4 heterocycles. The average Bonchev–Trinajstić information content (AvgIpc) is 3.62. The predicted octanol–water partition coefficient (Wildman–Crippen LogP) is 2.14. The number of hydrogen-bond donors (Lipinski definition) is 2. The van der Waals surface area contributed by atoms with E-state index in [1.54, 1.807) is 6.92 Å². The van der Waals surface area contributed by atoms with E-state index < -0.39 is 25.2 Å². The van der Waals surface area contributed by atoms with Gasteiger partial charge in [-0.05, 0) is 52.4 Å². The average molecular weight is 795 g/mol. The number of anilines is 2. The Morgan fingerprint density at radius 1 is 0.782 bits per heavy atom. The van der Waals surface area contributed by atoms with Crippen LogP contribution in [0.1, 0.15) is 141 Å². The van der Waals surface area contributed by atoms with E-state index in [0.29, 0.717) is 42.7 Å². The molecule has 308 valence electrons. The number of nitrogens with zero attached hydrogens (tertiary/aromatic N) is 4. The minimum atomic E-state index is -1.59. The molecule has 0 radical (unpaired) electrons. The van der Waals surface area contributed by atoms with E-state index in [0.717, 1.165) is 116 Å². The molecule has 3 N–H and O–H groups in total. The molecule has 2 aromatic heterocycles. The first-order valence-corrected chi connectivity index (χ1v) is 17.8. The molecule has 20 heteroatoms. The van der Waals surface area contributed by atoms with E-state index in [1.165, 1.54) is 0 Å². The van der Waals surface area contributed by atoms with Crippen LogP contribution in [0.2, 0.25) is 0 Å². The smallest absolute Gasteiger partial charge is 1.00 e. The second-order valence-electron chi connectivity index (χ2n) is 11.5. The number of fused-ring (bicyclic) bond motifs is 2. The van der Waals surface area contributed by atoms with Gasteiger partial charge in [0.25, 0.3) is 17.9 Å². The summed E-state index contributed by atoms with van der Waals surface area (Å²) in [5, 5.41) is 3.28. The minimum Gasteiger partial charge on any atom is -1.00 e. The molecule has 0 fully saturated rings. The summed E-state index contributed by atoms with van der Waals surface area (Å²) in [5.74, 6) is 0.134. The number of unbranched alkanes of at least 4 members (excludes halogenated alkanes) is 2. The Hall–Kier alpha value is -3.97. The molecule has 0 saturated carbocycles. The topological polar surface area (TPSA) is 222 Å². The number of carbonyl (C=O) groups is 6. The molecule has 0 bridgehead atoms. The maximum atomic E-state index is 12.1. The van der Waals surface area contributed by atoms with Crippen LogP contribution in [0.15, 0.2) is 0 Å². The van der Waals surface area contributed by atoms with Gasteiger partial charge >= 0.3 is 48.8 Å². The van der Waals surface area contributed by atoms with Gasteiger partial charge in [0.1, 0.15) is 17.9 Å². The quantitative estimate of drug-likeness (QED) is 0.128. The number of imidazole rings is 2. The van der Waals surface area contributed by atoms with Gasteiger partial charge in [0.15, 0.2) is 23.0 Å². The fourth-order valence-corrected chi connectivity index (χ4v) is 4.91. The molecule has 0 aliphatic carbocycles. The van der Waals surface area contributed by atoms with Crippen molar-refractivity contribution in [1.29, 1.82) is 0 Å². The third kappa shape index (κ3) is 20.5. The number of rotatable bonds is 13. The molecule has 2 aliphatic rings. The van der Waals surface area contributed by atoms with Crippen molar-refractivity contribution in [1.82, 2.24) is 19.1 Å². The van der Waals surface area contributed by atoms with Gasteiger partial charge in [-0.25, -0.2) is 19.6 Å². The molecule has 0 aromatic carbocycles. The number of aryl methyl sites for hydroxylation is 2. The summed E-state index contributed by atoms with van der Waals surface area (Å²) in [5.41, 5.74) is 6.75. The Morgan fingerprint density at radius 3 is 1.64 bits per heavy atom. The normalized spacial score (nSPS) is 11.5. The number of nitrogens with two attached hydrogens (primary N) is 1. The molecular weight excluding hydrogens is 733 g/mol. The summed E-state index contributed by atoms with van der Waals surface area (Å²) in [6, 6.07) is 0. The Morgan fingerprint density at radius 2 is 1.24 bits per heavy atom. The maximum Gasteiger partial charge on any atom is 1.00 e. The number of aromatic nitrogens is 4. The number of nitrogens with one attached hydrogen (secondary N) is 1. The van der Waals surface area contributed by atoms with Crippen molar-refractivity contribution in [3.8, 4) is 0 Å². The van der Waals surface area contributed by atoms with Crippen molar-refractivity contribution in [3.63, 3.8) is 0 Å². The number of nitrogen functional groups attached to an aromatic ring is 1. The molecule has 0 saturated heterocycles. The summed E-state index contributed by atoms with van der Waals surface area (Å²) in [4.78, 5) is 73.2. The van der Waals surface area contributed by atoms with Crippen molar-refractivity contribution in [3.05, 3.63) is 23.0 Å². The largest absolute Gasteiger partial charge is 1.00 e. The first kappa shape index (κ1) is 55.4. The van der Waals surface area contributed by atoms with E-state index in [2.05, 4.69) is 36.2 Å². The number of ether oxygens (including phenoxy) is 2. The van der Waals surface area contributed by atoms with Crippen LogP contribution in [0.5, 0.6) is 0 Å². The zero-order chi connectivity index (χ0) is 39.1. The van der Waals surface area contributed by atoms with Crippen LogP contribution >= 0.6 is 0 Å². The molecule has 2 aromatic rings. The fraction of sp³-hybridized carbons (Fsp3) is 0.657. The number of esters is 2. The summed E-state index contributed by atoms with van der Waals surface area (Å²) >= 11 is 0. The molecule has 0 spiro atoms. The van der Waals surface area contributed by atoms with E-state index in [-0.39, 0.29) is 55.1 Å². The number of halogens is 1. The van der Waals surface area contributed by atoms with Crippen molar-refractivity contribution in [2.75, 3.05) is 30.8 Å². The number of aldehydes is 1. The van der Waals surface area contributed by atoms with Crippen molar-refractivity contribution >= 4 is 55.1 Å². The van der Waals surface area contributed by atoms with Crippen LogP contribution in [0.25, 0.3) is 0 Å². The van der Waals surface area contributed by atoms with Crippen molar-refractivity contribution in [2.45, 2.75) is 133 Å². The van der Waals surface area contributed by atoms with E-state index >= 15 is 0 Å². The zero-order valence-electron chi connectivity index (χ0n) is 34.0. The monoisotopic (exact) mass is 794 g/mol. The van der Waals surface area contributed by atoms with Crippen LogP contribution in [0.3, 0.4) is 0 Å². The SMILES string of the molecule is C.CC(=O)OB(OC(C)=O)OC(C)=O.CCCC=O.CCCCNc1nc2n(c1C(=O)OCC)CCCC2.CCOC(=O)c1c(N)nc2n1CCCC2.F.[H-].[Na+]. The van der Waals surface area contributed by atoms with Crippen LogP contribution in [0.4, 0.5) is 16.3 Å². The summed E-state index contributed by atoms with van der Waals surface area (Å²) < 4.78 is 27.1. The van der Waals surface area contributed by atoms with Gasteiger partial charge in [0, 0.05) is 59.7 Å². The summed E-state index contributed by atoms with van der Waals surface area (Å²) in [6.07, 6.45) is 11.1. The number of carbonyl (C=O) groups excluding carboxylic acids is 6. The van der Waals surface area contributed by atoms with E-state index in [1.807, 2.05) is 23.0 Å². The number of hydrogen-bond acceptors (Lipinski definition) is 15. The first-order chi connectivity index (χ1) is 24.8. The van der Waals surface area contributed by atoms with Gasteiger partial charge in [-0.15, -0.1) is 0 Å². The third-order valence-electron chi connectivity index (χ3n) is 7.14. The van der Waals surface area contributed by atoms with E-state index in [9.17, 15) is 28.8 Å². The standard InChI is InChI=1S/C14H23N3O2.C10H15N3O2.C6H9BO6.C4H8O.CH4.FH.Na.H/c1-3-5-9-15-13-12(14(18)19-4-2)17-10-7-6-8-11(17)16-13;1-2-15-10(14)8-9(11)12-7-5-3-4-6-13(7)8;1-4(8)11-7(12-5(2)9)13-6(3)10;1-2-3-4-5;;;;/h15H,3-10H2,1-2H3;2-6,11H2,1H3;1-3H3;4H,2-3H2,1H3;1H4;1H;;/q;;;;;;+1;-1. The predicted molar refractivity (Wildman–Crippen MR) is 202 cm³/mol. The second-order valence-corrected chi connectivity index (χ2v) is 11.5. The van der Waals surface area contributed by atoms with Crippen molar-refractivity contribution in [2.24, 2.45) is 0 Å². The summed E-state index contributed by atoms with van der Waals surface area (Å²) in [7, 11) is -1.59. The zero-order valence-corrected chi connectivity index (χ0v) is 35.0. The van der Waals surface area contributed by atoms with Gasteiger partial charge in [-0.3, -0.25) is 19.1 Å². The van der Waals surface area contributed by atoms with Gasteiger partial charge in [-0.1, -0.05) is 27.7 Å². The molecule has 4 rings (SSSR count). The van der Waals surface area contributed by atoms with Gasteiger partial charge in [0.05, 0.1) is 13.2 Å². The molecule has 0 amide bonds. The van der Waals surface area contributed by atoms with Gasteiger partial charge in [0.2, 0.25) is 0 Å². The maximum absolute atomic E-state index is 12.1. The van der Waals surface area contributed by atoms with Crippen molar-refractivity contribution < 1.29 is 87.9 Å². The third-order valence-corrected chi connectivity index (χ3v) is 7.14. The van der Waals surface area contributed by atoms with Gasteiger partial charge < -0.3 is 49.8 Å². The Balaban J connectivity index is -0.000000335. The Kier molecular flexibility index (Phi) is 31.5. The Labute approximate surface area is 347 Å². The van der Waals surface area contributed by atoms with Crippen LogP contribution in [-0.4, -0.2) is 82.3 Å². The van der Waals surface area contributed by atoms with Crippen LogP contribution in [0, 0.1) is 0 Å². The molecule has 55 heavy (non-hydrogen) atoms.